The fourth-order valence-corrected chi connectivity index (χ4v) is 3.51. The summed E-state index contributed by atoms with van der Waals surface area (Å²) in [7, 11) is 0. The van der Waals surface area contributed by atoms with Crippen LogP contribution >= 0.6 is 11.6 Å². The summed E-state index contributed by atoms with van der Waals surface area (Å²) >= 11 is 6.03. The number of piperidine rings is 1. The zero-order chi connectivity index (χ0) is 20.5. The Hall–Kier alpha value is -2.38. The maximum atomic E-state index is 6.03. The smallest absolute Gasteiger partial charge is 0.228 e. The van der Waals surface area contributed by atoms with Gasteiger partial charge in [-0.25, -0.2) is 0 Å². The number of rotatable bonds is 8. The molecule has 1 fully saturated rings. The minimum atomic E-state index is 0.437. The lowest BCUT2D eigenvalue weighted by Crippen LogP contribution is -2.48. The number of benzene rings is 1. The molecular weight excluding hydrogens is 388 g/mol. The Morgan fingerprint density at radius 1 is 1.41 bits per heavy atom. The zero-order valence-corrected chi connectivity index (χ0v) is 17.7. The van der Waals surface area contributed by atoms with E-state index in [4.69, 9.17) is 16.1 Å². The third-order valence-corrected chi connectivity index (χ3v) is 5.04. The van der Waals surface area contributed by atoms with E-state index in [0.29, 0.717) is 35.7 Å². The summed E-state index contributed by atoms with van der Waals surface area (Å²) in [5.41, 5.74) is 0.841. The van der Waals surface area contributed by atoms with E-state index in [1.54, 1.807) is 0 Å². The molecule has 1 saturated heterocycles. The molecule has 7 nitrogen and oxygen atoms in total. The van der Waals surface area contributed by atoms with Gasteiger partial charge in [-0.05, 0) is 31.9 Å². The van der Waals surface area contributed by atoms with Crippen LogP contribution in [-0.4, -0.2) is 59.8 Å². The van der Waals surface area contributed by atoms with E-state index < -0.39 is 0 Å². The third kappa shape index (κ3) is 6.58. The fraction of sp³-hybridized carbons (Fsp3) is 0.476. The molecule has 2 aromatic rings. The Labute approximate surface area is 177 Å². The monoisotopic (exact) mass is 416 g/mol. The summed E-state index contributed by atoms with van der Waals surface area (Å²) in [6.45, 7) is 10.4. The van der Waals surface area contributed by atoms with Crippen LogP contribution in [0.25, 0.3) is 11.4 Å². The first-order chi connectivity index (χ1) is 14.2. The standard InChI is InChI=1S/C21H29ClN6O/c1-3-12-28-13-9-18(10-14-28)25-21(23-4-2)24-11-8-19-26-20(27-29-19)16-6-5-7-17(22)15-16/h3,5-7,15,18H,1,4,8-14H2,2H3,(H2,23,24,25). The van der Waals surface area contributed by atoms with Crippen molar-refractivity contribution in [1.29, 1.82) is 0 Å². The first kappa shape index (κ1) is 21.3. The van der Waals surface area contributed by atoms with Crippen LogP contribution in [0.4, 0.5) is 0 Å². The Kier molecular flexibility index (Phi) is 8.07. The average Bonchev–Trinajstić information content (AvgIpc) is 3.19. The van der Waals surface area contributed by atoms with Crippen molar-refractivity contribution >= 4 is 17.6 Å². The summed E-state index contributed by atoms with van der Waals surface area (Å²) in [5.74, 6) is 1.95. The lowest BCUT2D eigenvalue weighted by atomic mass is 10.1. The van der Waals surface area contributed by atoms with Crippen LogP contribution in [0.2, 0.25) is 5.02 Å². The number of halogens is 1. The Bertz CT molecular complexity index is 813. The van der Waals surface area contributed by atoms with Gasteiger partial charge in [-0.1, -0.05) is 35.0 Å². The molecule has 0 radical (unpaired) electrons. The number of aliphatic imine (C=N–C) groups is 1. The molecule has 8 heteroatoms. The quantitative estimate of drug-likeness (QED) is 0.391. The molecule has 0 spiro atoms. The first-order valence-electron chi connectivity index (χ1n) is 10.1. The number of likely N-dealkylation sites (tertiary alicyclic amines) is 1. The predicted molar refractivity (Wildman–Crippen MR) is 117 cm³/mol. The molecule has 1 aliphatic rings. The van der Waals surface area contributed by atoms with Crippen LogP contribution < -0.4 is 10.6 Å². The molecule has 0 bridgehead atoms. The SMILES string of the molecule is C=CCN1CCC(NC(=NCCc2nc(-c3cccc(Cl)c3)no2)NCC)CC1. The highest BCUT2D eigenvalue weighted by Crippen LogP contribution is 2.20. The number of hydrogen-bond donors (Lipinski definition) is 2. The number of guanidine groups is 1. The van der Waals surface area contributed by atoms with Gasteiger partial charge >= 0.3 is 0 Å². The Balaban J connectivity index is 1.51. The molecule has 2 N–H and O–H groups in total. The van der Waals surface area contributed by atoms with Crippen molar-refractivity contribution in [3.05, 3.63) is 47.8 Å². The molecule has 1 aromatic carbocycles. The highest BCUT2D eigenvalue weighted by Gasteiger charge is 2.19. The first-order valence-corrected chi connectivity index (χ1v) is 10.5. The van der Waals surface area contributed by atoms with Crippen molar-refractivity contribution in [2.24, 2.45) is 4.99 Å². The number of nitrogens with one attached hydrogen (secondary N) is 2. The second kappa shape index (κ2) is 11.0. The molecule has 0 atom stereocenters. The second-order valence-corrected chi connectivity index (χ2v) is 7.48. The van der Waals surface area contributed by atoms with Gasteiger partial charge in [0, 0.05) is 49.2 Å². The van der Waals surface area contributed by atoms with Crippen molar-refractivity contribution in [2.45, 2.75) is 32.2 Å². The third-order valence-electron chi connectivity index (χ3n) is 4.81. The summed E-state index contributed by atoms with van der Waals surface area (Å²) in [5, 5.41) is 11.6. The lowest BCUT2D eigenvalue weighted by Gasteiger charge is -2.32. The topological polar surface area (TPSA) is 78.6 Å². The summed E-state index contributed by atoms with van der Waals surface area (Å²) in [4.78, 5) is 11.5. The highest BCUT2D eigenvalue weighted by molar-refractivity contribution is 6.30. The molecular formula is C21H29ClN6O. The molecule has 2 heterocycles. The molecule has 3 rings (SSSR count). The van der Waals surface area contributed by atoms with E-state index >= 15 is 0 Å². The van der Waals surface area contributed by atoms with Gasteiger partial charge in [0.15, 0.2) is 5.96 Å². The number of nitrogens with zero attached hydrogens (tertiary/aromatic N) is 4. The van der Waals surface area contributed by atoms with Crippen LogP contribution in [0, 0.1) is 0 Å². The fourth-order valence-electron chi connectivity index (χ4n) is 3.32. The van der Waals surface area contributed by atoms with E-state index in [2.05, 4.69) is 44.2 Å². The molecule has 1 aromatic heterocycles. The van der Waals surface area contributed by atoms with E-state index in [0.717, 1.165) is 50.5 Å². The molecule has 0 unspecified atom stereocenters. The van der Waals surface area contributed by atoms with E-state index in [1.807, 2.05) is 30.3 Å². The van der Waals surface area contributed by atoms with E-state index in [-0.39, 0.29) is 0 Å². The van der Waals surface area contributed by atoms with Crippen LogP contribution in [-0.2, 0) is 6.42 Å². The normalized spacial score (nSPS) is 16.0. The van der Waals surface area contributed by atoms with Gasteiger partial charge in [0.25, 0.3) is 0 Å². The molecule has 156 valence electrons. The summed E-state index contributed by atoms with van der Waals surface area (Å²) in [6.07, 6.45) is 4.76. The minimum absolute atomic E-state index is 0.437. The minimum Gasteiger partial charge on any atom is -0.357 e. The van der Waals surface area contributed by atoms with E-state index in [1.165, 1.54) is 0 Å². The second-order valence-electron chi connectivity index (χ2n) is 7.04. The maximum absolute atomic E-state index is 6.03. The molecule has 1 aliphatic heterocycles. The van der Waals surface area contributed by atoms with Crippen molar-refractivity contribution < 1.29 is 4.52 Å². The van der Waals surface area contributed by atoms with Gasteiger partial charge in [-0.15, -0.1) is 6.58 Å². The molecule has 0 amide bonds. The highest BCUT2D eigenvalue weighted by atomic mass is 35.5. The number of hydrogen-bond acceptors (Lipinski definition) is 5. The van der Waals surface area contributed by atoms with Crippen molar-refractivity contribution in [3.63, 3.8) is 0 Å². The van der Waals surface area contributed by atoms with Crippen molar-refractivity contribution in [1.82, 2.24) is 25.7 Å². The van der Waals surface area contributed by atoms with Gasteiger partial charge in [0.2, 0.25) is 11.7 Å². The van der Waals surface area contributed by atoms with Gasteiger partial charge in [-0.2, -0.15) is 4.98 Å². The lowest BCUT2D eigenvalue weighted by molar-refractivity contribution is 0.225. The van der Waals surface area contributed by atoms with Crippen LogP contribution in [0.15, 0.2) is 46.4 Å². The van der Waals surface area contributed by atoms with Crippen molar-refractivity contribution in [3.8, 4) is 11.4 Å². The zero-order valence-electron chi connectivity index (χ0n) is 16.9. The number of aromatic nitrogens is 2. The van der Waals surface area contributed by atoms with Gasteiger partial charge in [-0.3, -0.25) is 9.89 Å². The average molecular weight is 417 g/mol. The maximum Gasteiger partial charge on any atom is 0.228 e. The molecule has 0 saturated carbocycles. The van der Waals surface area contributed by atoms with E-state index in [9.17, 15) is 0 Å². The summed E-state index contributed by atoms with van der Waals surface area (Å²) < 4.78 is 5.36. The molecule has 29 heavy (non-hydrogen) atoms. The van der Waals surface area contributed by atoms with Crippen molar-refractivity contribution in [2.75, 3.05) is 32.7 Å². The van der Waals surface area contributed by atoms with Crippen LogP contribution in [0.5, 0.6) is 0 Å². The molecule has 0 aliphatic carbocycles. The predicted octanol–water partition coefficient (Wildman–Crippen LogP) is 3.14. The largest absolute Gasteiger partial charge is 0.357 e. The van der Waals surface area contributed by atoms with Gasteiger partial charge < -0.3 is 15.2 Å². The Morgan fingerprint density at radius 3 is 2.97 bits per heavy atom. The van der Waals surface area contributed by atoms with Crippen LogP contribution in [0.3, 0.4) is 0 Å². The Morgan fingerprint density at radius 2 is 2.24 bits per heavy atom. The van der Waals surface area contributed by atoms with Gasteiger partial charge in [0.1, 0.15) is 0 Å². The van der Waals surface area contributed by atoms with Gasteiger partial charge in [0.05, 0.1) is 6.54 Å². The van der Waals surface area contributed by atoms with Crippen LogP contribution in [0.1, 0.15) is 25.7 Å². The summed E-state index contributed by atoms with van der Waals surface area (Å²) in [6, 6.07) is 7.86.